The minimum absolute atomic E-state index is 0.148. The van der Waals surface area contributed by atoms with Crippen LogP contribution in [0.3, 0.4) is 0 Å². The molecule has 4 aromatic rings. The van der Waals surface area contributed by atoms with E-state index in [1.54, 1.807) is 24.4 Å². The van der Waals surface area contributed by atoms with E-state index < -0.39 is 5.97 Å². The number of aromatic nitrogens is 2. The van der Waals surface area contributed by atoms with Crippen molar-refractivity contribution in [2.24, 2.45) is 0 Å². The molecule has 0 spiro atoms. The predicted octanol–water partition coefficient (Wildman–Crippen LogP) is 3.17. The Morgan fingerprint density at radius 2 is 1.89 bits per heavy atom. The molecule has 0 fully saturated rings. The van der Waals surface area contributed by atoms with Gasteiger partial charge in [-0.15, -0.1) is 0 Å². The Hall–Kier alpha value is -4.00. The minimum atomic E-state index is -0.599. The fraction of sp³-hybridized carbons (Fsp3) is 0. The molecular weight excluding hydrogens is 348 g/mol. The normalized spacial score (nSPS) is 10.7. The van der Waals surface area contributed by atoms with E-state index in [1.807, 2.05) is 0 Å². The van der Waals surface area contributed by atoms with E-state index in [4.69, 9.17) is 9.15 Å². The molecule has 0 amide bonds. The van der Waals surface area contributed by atoms with Gasteiger partial charge in [0.1, 0.15) is 17.3 Å². The molecule has 0 saturated heterocycles. The molecule has 1 N–H and O–H groups in total. The highest BCUT2D eigenvalue weighted by atomic mass is 16.5. The third-order valence-electron chi connectivity index (χ3n) is 3.87. The topological polar surface area (TPSA) is 103 Å². The highest BCUT2D eigenvalue weighted by Gasteiger charge is 2.14. The lowest BCUT2D eigenvalue weighted by atomic mass is 10.1. The van der Waals surface area contributed by atoms with Crippen molar-refractivity contribution >= 4 is 16.9 Å². The number of ether oxygens (including phenoxy) is 1. The van der Waals surface area contributed by atoms with E-state index in [2.05, 4.69) is 9.97 Å². The maximum Gasteiger partial charge on any atom is 0.345 e. The van der Waals surface area contributed by atoms with Gasteiger partial charge in [-0.3, -0.25) is 14.8 Å². The van der Waals surface area contributed by atoms with Crippen molar-refractivity contribution in [1.29, 1.82) is 0 Å². The van der Waals surface area contributed by atoms with Crippen LogP contribution in [0.15, 0.2) is 76.5 Å². The summed E-state index contributed by atoms with van der Waals surface area (Å²) in [6.45, 7) is 0. The first-order valence-corrected chi connectivity index (χ1v) is 7.95. The summed E-state index contributed by atoms with van der Waals surface area (Å²) in [5, 5.41) is 10.7. The lowest BCUT2D eigenvalue weighted by Crippen LogP contribution is -2.08. The minimum Gasteiger partial charge on any atom is -0.507 e. The van der Waals surface area contributed by atoms with Gasteiger partial charge in [-0.1, -0.05) is 0 Å². The summed E-state index contributed by atoms with van der Waals surface area (Å²) in [6, 6.07) is 10.3. The van der Waals surface area contributed by atoms with Crippen LogP contribution in [-0.4, -0.2) is 21.0 Å². The molecule has 0 unspecified atom stereocenters. The number of hydrogen-bond donors (Lipinski definition) is 1. The number of nitrogens with zero attached hydrogens (tertiary/aromatic N) is 2. The van der Waals surface area contributed by atoms with Gasteiger partial charge < -0.3 is 14.3 Å². The zero-order chi connectivity index (χ0) is 18.8. The number of aromatic hydroxyl groups is 1. The van der Waals surface area contributed by atoms with E-state index in [-0.39, 0.29) is 28.3 Å². The second-order valence-electron chi connectivity index (χ2n) is 5.66. The third-order valence-corrected chi connectivity index (χ3v) is 3.87. The van der Waals surface area contributed by atoms with Crippen LogP contribution < -0.4 is 10.2 Å². The first kappa shape index (κ1) is 16.5. The number of hydrogen-bond acceptors (Lipinski definition) is 7. The lowest BCUT2D eigenvalue weighted by Gasteiger charge is -2.08. The first-order chi connectivity index (χ1) is 13.1. The van der Waals surface area contributed by atoms with Crippen molar-refractivity contribution in [1.82, 2.24) is 9.97 Å². The summed E-state index contributed by atoms with van der Waals surface area (Å²) in [7, 11) is 0. The van der Waals surface area contributed by atoms with Crippen LogP contribution in [0.2, 0.25) is 0 Å². The third kappa shape index (κ3) is 3.25. The van der Waals surface area contributed by atoms with E-state index in [1.165, 1.54) is 42.9 Å². The number of fused-ring (bicyclic) bond motifs is 1. The predicted molar refractivity (Wildman–Crippen MR) is 96.6 cm³/mol. The van der Waals surface area contributed by atoms with Crippen LogP contribution in [0.1, 0.15) is 10.4 Å². The number of pyridine rings is 2. The molecule has 3 aromatic heterocycles. The fourth-order valence-electron chi connectivity index (χ4n) is 2.58. The van der Waals surface area contributed by atoms with Crippen LogP contribution in [0, 0.1) is 0 Å². The van der Waals surface area contributed by atoms with Crippen molar-refractivity contribution in [3.05, 3.63) is 83.0 Å². The summed E-state index contributed by atoms with van der Waals surface area (Å²) in [5.74, 6) is -0.463. The van der Waals surface area contributed by atoms with Crippen LogP contribution in [0.5, 0.6) is 11.5 Å². The zero-order valence-corrected chi connectivity index (χ0v) is 13.8. The monoisotopic (exact) mass is 360 g/mol. The summed E-state index contributed by atoms with van der Waals surface area (Å²) in [4.78, 5) is 32.1. The van der Waals surface area contributed by atoms with Gasteiger partial charge in [-0.2, -0.15) is 0 Å². The average Bonchev–Trinajstić information content (AvgIpc) is 2.69. The molecule has 4 rings (SSSR count). The van der Waals surface area contributed by atoms with Crippen LogP contribution in [0.4, 0.5) is 0 Å². The Morgan fingerprint density at radius 3 is 2.67 bits per heavy atom. The Labute approximate surface area is 152 Å². The maximum absolute atomic E-state index is 12.2. The molecule has 132 valence electrons. The van der Waals surface area contributed by atoms with Crippen molar-refractivity contribution in [2.45, 2.75) is 0 Å². The molecule has 0 saturated carbocycles. The molecular formula is C20H12N2O5. The van der Waals surface area contributed by atoms with Gasteiger partial charge >= 0.3 is 5.97 Å². The highest BCUT2D eigenvalue weighted by Crippen LogP contribution is 2.33. The number of carbonyl (C=O) groups excluding carboxylic acids is 1. The average molecular weight is 360 g/mol. The molecule has 27 heavy (non-hydrogen) atoms. The first-order valence-electron chi connectivity index (χ1n) is 7.95. The van der Waals surface area contributed by atoms with Gasteiger partial charge in [0.2, 0.25) is 0 Å². The number of benzene rings is 1. The van der Waals surface area contributed by atoms with E-state index in [0.29, 0.717) is 16.5 Å². The van der Waals surface area contributed by atoms with Crippen molar-refractivity contribution in [2.75, 3.05) is 0 Å². The van der Waals surface area contributed by atoms with Gasteiger partial charge in [0.25, 0.3) is 0 Å². The molecule has 0 bridgehead atoms. The van der Waals surface area contributed by atoms with Gasteiger partial charge in [-0.05, 0) is 30.3 Å². The largest absolute Gasteiger partial charge is 0.507 e. The van der Waals surface area contributed by atoms with Gasteiger partial charge in [0, 0.05) is 30.7 Å². The second-order valence-corrected chi connectivity index (χ2v) is 5.66. The number of carbonyl (C=O) groups is 1. The Kier molecular flexibility index (Phi) is 4.10. The summed E-state index contributed by atoms with van der Waals surface area (Å²) in [6.07, 6.45) is 5.86. The zero-order valence-electron chi connectivity index (χ0n) is 13.8. The quantitative estimate of drug-likeness (QED) is 0.442. The molecule has 0 atom stereocenters. The number of phenols is 1. The lowest BCUT2D eigenvalue weighted by molar-refractivity contribution is 0.0734. The summed E-state index contributed by atoms with van der Waals surface area (Å²) < 4.78 is 10.9. The van der Waals surface area contributed by atoms with Crippen LogP contribution in [-0.2, 0) is 0 Å². The molecule has 7 heteroatoms. The van der Waals surface area contributed by atoms with Crippen molar-refractivity contribution in [3.63, 3.8) is 0 Å². The smallest absolute Gasteiger partial charge is 0.345 e. The van der Waals surface area contributed by atoms with Crippen LogP contribution in [0.25, 0.3) is 22.3 Å². The molecule has 1 aromatic carbocycles. The number of rotatable bonds is 3. The summed E-state index contributed by atoms with van der Waals surface area (Å²) in [5.41, 5.74) is 0.639. The van der Waals surface area contributed by atoms with Gasteiger partial charge in [0.15, 0.2) is 11.0 Å². The maximum atomic E-state index is 12.2. The molecule has 0 radical (unpaired) electrons. The van der Waals surface area contributed by atoms with E-state index >= 15 is 0 Å². The van der Waals surface area contributed by atoms with Crippen LogP contribution >= 0.6 is 0 Å². The standard InChI is InChI=1S/C20H12N2O5/c23-16-8-13(26-20(25)12-2-1-6-21-10-12)3-4-14(16)18-9-17(24)15-5-7-22-11-19(15)27-18/h1-11,23H. The highest BCUT2D eigenvalue weighted by molar-refractivity contribution is 5.90. The molecule has 0 aliphatic carbocycles. The number of esters is 1. The Balaban J connectivity index is 1.66. The Morgan fingerprint density at radius 1 is 1.04 bits per heavy atom. The molecule has 0 aliphatic heterocycles. The van der Waals surface area contributed by atoms with Crippen molar-refractivity contribution < 1.29 is 19.1 Å². The number of phenolic OH excluding ortho intramolecular Hbond substituents is 1. The fourth-order valence-corrected chi connectivity index (χ4v) is 2.58. The van der Waals surface area contributed by atoms with E-state index in [9.17, 15) is 14.7 Å². The van der Waals surface area contributed by atoms with Gasteiger partial charge in [-0.25, -0.2) is 4.79 Å². The molecule has 7 nitrogen and oxygen atoms in total. The molecule has 0 aliphatic rings. The Bertz CT molecular complexity index is 1200. The second kappa shape index (κ2) is 6.72. The SMILES string of the molecule is O=C(Oc1ccc(-c2cc(=O)c3ccncc3o2)c(O)c1)c1cccnc1. The summed E-state index contributed by atoms with van der Waals surface area (Å²) >= 11 is 0. The van der Waals surface area contributed by atoms with Crippen molar-refractivity contribution in [3.8, 4) is 22.8 Å². The molecule has 3 heterocycles. The van der Waals surface area contributed by atoms with Gasteiger partial charge in [0.05, 0.1) is 22.7 Å². The van der Waals surface area contributed by atoms with E-state index in [0.717, 1.165) is 0 Å².